The molecule has 0 saturated heterocycles. The molecule has 0 heterocycles. The lowest BCUT2D eigenvalue weighted by Gasteiger charge is -2.28. The molecule has 3 rings (SSSR count). The van der Waals surface area contributed by atoms with Crippen molar-refractivity contribution in [1.29, 1.82) is 0 Å². The van der Waals surface area contributed by atoms with Crippen molar-refractivity contribution in [2.45, 2.75) is 38.1 Å². The van der Waals surface area contributed by atoms with Gasteiger partial charge in [-0.1, -0.05) is 48.6 Å². The maximum absolute atomic E-state index is 9.47. The summed E-state index contributed by atoms with van der Waals surface area (Å²) >= 11 is 0. The molecular weight excluding hydrogens is 236 g/mol. The van der Waals surface area contributed by atoms with Crippen molar-refractivity contribution in [2.75, 3.05) is 0 Å². The fourth-order valence-corrected chi connectivity index (χ4v) is 3.56. The van der Waals surface area contributed by atoms with Crippen LogP contribution < -0.4 is 0 Å². The lowest BCUT2D eigenvalue weighted by atomic mass is 9.81. The van der Waals surface area contributed by atoms with E-state index >= 15 is 0 Å². The summed E-state index contributed by atoms with van der Waals surface area (Å²) in [6, 6.07) is 8.60. The van der Waals surface area contributed by atoms with E-state index in [2.05, 4.69) is 55.5 Å². The van der Waals surface area contributed by atoms with Crippen LogP contribution in [-0.2, 0) is 4.74 Å². The number of fused-ring (bicyclic) bond motifs is 3. The van der Waals surface area contributed by atoms with Crippen molar-refractivity contribution in [3.63, 3.8) is 0 Å². The zero-order chi connectivity index (χ0) is 13.4. The van der Waals surface area contributed by atoms with Gasteiger partial charge in [0.2, 0.25) is 0 Å². The van der Waals surface area contributed by atoms with E-state index in [4.69, 9.17) is 4.74 Å². The average molecular weight is 256 g/mol. The summed E-state index contributed by atoms with van der Waals surface area (Å²) in [5, 5.41) is 9.47. The van der Waals surface area contributed by atoms with Crippen molar-refractivity contribution in [3.8, 4) is 0 Å². The molecule has 0 amide bonds. The predicted octanol–water partition coefficient (Wildman–Crippen LogP) is 3.35. The minimum Gasteiger partial charge on any atom is -0.368 e. The molecule has 2 nitrogen and oxygen atoms in total. The minimum absolute atomic E-state index is 0.00676. The molecule has 5 atom stereocenters. The van der Waals surface area contributed by atoms with Crippen LogP contribution >= 0.6 is 0 Å². The zero-order valence-electron chi connectivity index (χ0n) is 11.4. The van der Waals surface area contributed by atoms with Crippen LogP contribution in [0.3, 0.4) is 0 Å². The highest BCUT2D eigenvalue weighted by Gasteiger charge is 2.41. The Hall–Kier alpha value is -1.38. The molecule has 1 aromatic rings. The second-order valence-electron chi connectivity index (χ2n) is 5.47. The maximum atomic E-state index is 9.47. The van der Waals surface area contributed by atoms with Crippen LogP contribution in [0.15, 0.2) is 48.6 Å². The van der Waals surface area contributed by atoms with Crippen molar-refractivity contribution < 1.29 is 9.84 Å². The Morgan fingerprint density at radius 2 is 1.74 bits per heavy atom. The number of aliphatic hydroxyl groups is 1. The van der Waals surface area contributed by atoms with E-state index in [1.165, 1.54) is 11.1 Å². The molecule has 100 valence electrons. The number of allylic oxidation sites excluding steroid dienone is 4. The normalized spacial score (nSPS) is 30.8. The van der Waals surface area contributed by atoms with Gasteiger partial charge in [0.15, 0.2) is 6.29 Å². The number of hydrogen-bond acceptors (Lipinski definition) is 2. The molecule has 0 aliphatic heterocycles. The van der Waals surface area contributed by atoms with Crippen LogP contribution in [0, 0.1) is 5.92 Å². The minimum atomic E-state index is -0.718. The van der Waals surface area contributed by atoms with E-state index in [0.29, 0.717) is 17.8 Å². The van der Waals surface area contributed by atoms with E-state index in [0.717, 1.165) is 0 Å². The highest BCUT2D eigenvalue weighted by atomic mass is 16.6. The first-order valence-electron chi connectivity index (χ1n) is 6.96. The zero-order valence-corrected chi connectivity index (χ0v) is 11.4. The van der Waals surface area contributed by atoms with Gasteiger partial charge in [0.05, 0.1) is 6.10 Å². The van der Waals surface area contributed by atoms with Crippen molar-refractivity contribution in [3.05, 3.63) is 59.7 Å². The molecule has 0 spiro atoms. The van der Waals surface area contributed by atoms with Crippen molar-refractivity contribution >= 4 is 0 Å². The molecule has 0 saturated carbocycles. The summed E-state index contributed by atoms with van der Waals surface area (Å²) < 4.78 is 5.64. The standard InChI is InChI=1S/C17H20O2/c1-11(19-12(2)18)17-15-9-5-3-7-13(15)14-8-4-6-10-16(14)17/h3-13,15,17-18H,1-2H3/t11-,12?,13?,15?,17?/m0/s1. The van der Waals surface area contributed by atoms with Crippen LogP contribution in [-0.4, -0.2) is 17.5 Å². The van der Waals surface area contributed by atoms with Crippen molar-refractivity contribution in [2.24, 2.45) is 5.92 Å². The van der Waals surface area contributed by atoms with Gasteiger partial charge in [-0.15, -0.1) is 0 Å². The molecule has 2 aliphatic rings. The molecule has 4 unspecified atom stereocenters. The first kappa shape index (κ1) is 12.6. The van der Waals surface area contributed by atoms with E-state index in [-0.39, 0.29) is 6.10 Å². The third-order valence-corrected chi connectivity index (χ3v) is 4.22. The molecule has 19 heavy (non-hydrogen) atoms. The Morgan fingerprint density at radius 3 is 2.47 bits per heavy atom. The fraction of sp³-hybridized carbons (Fsp3) is 0.412. The van der Waals surface area contributed by atoms with Crippen molar-refractivity contribution in [1.82, 2.24) is 0 Å². The Morgan fingerprint density at radius 1 is 1.05 bits per heavy atom. The number of aliphatic hydroxyl groups excluding tert-OH is 1. The predicted molar refractivity (Wildman–Crippen MR) is 75.9 cm³/mol. The highest BCUT2D eigenvalue weighted by molar-refractivity contribution is 5.46. The summed E-state index contributed by atoms with van der Waals surface area (Å²) in [6.45, 7) is 3.73. The molecular formula is C17H20O2. The van der Waals surface area contributed by atoms with Crippen LogP contribution in [0.1, 0.15) is 36.8 Å². The quantitative estimate of drug-likeness (QED) is 0.840. The summed E-state index contributed by atoms with van der Waals surface area (Å²) in [5.74, 6) is 1.21. The topological polar surface area (TPSA) is 29.5 Å². The number of hydrogen-bond donors (Lipinski definition) is 1. The number of ether oxygens (including phenoxy) is 1. The van der Waals surface area contributed by atoms with E-state index in [9.17, 15) is 5.11 Å². The van der Waals surface area contributed by atoms with Gasteiger partial charge in [-0.05, 0) is 30.9 Å². The second kappa shape index (κ2) is 4.95. The van der Waals surface area contributed by atoms with Crippen LogP contribution in [0.25, 0.3) is 0 Å². The van der Waals surface area contributed by atoms with Gasteiger partial charge in [0.25, 0.3) is 0 Å². The van der Waals surface area contributed by atoms with Gasteiger partial charge in [-0.3, -0.25) is 0 Å². The molecule has 2 heteroatoms. The van der Waals surface area contributed by atoms with Gasteiger partial charge in [-0.25, -0.2) is 0 Å². The van der Waals surface area contributed by atoms with Gasteiger partial charge in [-0.2, -0.15) is 0 Å². The number of rotatable bonds is 3. The Balaban J connectivity index is 1.99. The molecule has 2 aliphatic carbocycles. The fourth-order valence-electron chi connectivity index (χ4n) is 3.56. The third kappa shape index (κ3) is 2.15. The Kier molecular flexibility index (Phi) is 3.29. The van der Waals surface area contributed by atoms with Crippen LogP contribution in [0.5, 0.6) is 0 Å². The van der Waals surface area contributed by atoms with E-state index in [1.54, 1.807) is 6.92 Å². The summed E-state index contributed by atoms with van der Waals surface area (Å²) in [6.07, 6.45) is 8.09. The SMILES string of the molecule is CC(O)O[C@@H](C)C1c2ccccc2C2C=CC=CC21. The van der Waals surface area contributed by atoms with Gasteiger partial charge < -0.3 is 9.84 Å². The summed E-state index contributed by atoms with van der Waals surface area (Å²) in [7, 11) is 0. The maximum Gasteiger partial charge on any atom is 0.152 e. The highest BCUT2D eigenvalue weighted by Crippen LogP contribution is 2.51. The smallest absolute Gasteiger partial charge is 0.152 e. The molecule has 0 bridgehead atoms. The summed E-state index contributed by atoms with van der Waals surface area (Å²) in [4.78, 5) is 0. The molecule has 1 N–H and O–H groups in total. The Bertz CT molecular complexity index is 516. The van der Waals surface area contributed by atoms with Gasteiger partial charge in [0.1, 0.15) is 0 Å². The third-order valence-electron chi connectivity index (χ3n) is 4.22. The second-order valence-corrected chi connectivity index (χ2v) is 5.47. The van der Waals surface area contributed by atoms with Gasteiger partial charge in [0, 0.05) is 11.8 Å². The first-order valence-corrected chi connectivity index (χ1v) is 6.96. The number of benzene rings is 1. The Labute approximate surface area is 114 Å². The van der Waals surface area contributed by atoms with E-state index in [1.807, 2.05) is 0 Å². The monoisotopic (exact) mass is 256 g/mol. The first-order chi connectivity index (χ1) is 9.18. The molecule has 0 radical (unpaired) electrons. The van der Waals surface area contributed by atoms with Crippen LogP contribution in [0.2, 0.25) is 0 Å². The van der Waals surface area contributed by atoms with Gasteiger partial charge >= 0.3 is 0 Å². The molecule has 1 aromatic carbocycles. The average Bonchev–Trinajstić information content (AvgIpc) is 2.72. The lowest BCUT2D eigenvalue weighted by Crippen LogP contribution is -2.27. The largest absolute Gasteiger partial charge is 0.368 e. The molecule has 0 fully saturated rings. The van der Waals surface area contributed by atoms with Crippen LogP contribution in [0.4, 0.5) is 0 Å². The molecule has 0 aromatic heterocycles. The van der Waals surface area contributed by atoms with E-state index < -0.39 is 6.29 Å². The lowest BCUT2D eigenvalue weighted by molar-refractivity contribution is -0.127. The summed E-state index contributed by atoms with van der Waals surface area (Å²) in [5.41, 5.74) is 2.76.